The lowest BCUT2D eigenvalue weighted by atomic mass is 9.95. The zero-order valence-electron chi connectivity index (χ0n) is 19.3. The van der Waals surface area contributed by atoms with Crippen molar-refractivity contribution in [2.75, 3.05) is 27.9 Å². The summed E-state index contributed by atoms with van der Waals surface area (Å²) in [4.78, 5) is 43.3. The van der Waals surface area contributed by atoms with Gasteiger partial charge in [0.15, 0.2) is 11.5 Å². The topological polar surface area (TPSA) is 111 Å². The van der Waals surface area contributed by atoms with Gasteiger partial charge in [-0.2, -0.15) is 0 Å². The summed E-state index contributed by atoms with van der Waals surface area (Å²) >= 11 is 0. The van der Waals surface area contributed by atoms with Gasteiger partial charge in [-0.05, 0) is 24.6 Å². The Hall–Kier alpha value is -4.08. The van der Waals surface area contributed by atoms with E-state index >= 15 is 0 Å². The lowest BCUT2D eigenvalue weighted by molar-refractivity contribution is 0.0549. The van der Waals surface area contributed by atoms with Gasteiger partial charge in [-0.3, -0.25) is 13.9 Å². The molecule has 0 N–H and O–H groups in total. The fourth-order valence-electron chi connectivity index (χ4n) is 3.67. The number of benzene rings is 1. The lowest BCUT2D eigenvalue weighted by Crippen LogP contribution is -2.38. The maximum Gasteiger partial charge on any atom is 0.340 e. The molecule has 3 rings (SSSR count). The number of ether oxygens (including phenoxy) is 4. The molecule has 0 atom stereocenters. The van der Waals surface area contributed by atoms with Crippen molar-refractivity contribution in [1.29, 1.82) is 0 Å². The molecule has 2 heterocycles. The quantitative estimate of drug-likeness (QED) is 0.393. The Balaban J connectivity index is 2.60. The van der Waals surface area contributed by atoms with Crippen LogP contribution in [0.1, 0.15) is 16.1 Å². The Kier molecular flexibility index (Phi) is 6.57. The van der Waals surface area contributed by atoms with Gasteiger partial charge in [0.2, 0.25) is 5.75 Å². The molecule has 0 unspecified atom stereocenters. The number of carbonyl (C=O) groups excluding carboxylic acids is 1. The van der Waals surface area contributed by atoms with E-state index < -0.39 is 17.2 Å². The summed E-state index contributed by atoms with van der Waals surface area (Å²) in [6, 6.07) is 3.23. The summed E-state index contributed by atoms with van der Waals surface area (Å²) in [6.07, 6.45) is 1.43. The molecule has 0 amide bonds. The molecule has 0 aliphatic heterocycles. The van der Waals surface area contributed by atoms with Crippen LogP contribution in [0.2, 0.25) is 0 Å². The van der Waals surface area contributed by atoms with Gasteiger partial charge in [-0.1, -0.05) is 12.7 Å². The van der Waals surface area contributed by atoms with Gasteiger partial charge in [-0.15, -0.1) is 0 Å². The first kappa shape index (κ1) is 23.6. The van der Waals surface area contributed by atoms with E-state index in [0.717, 1.165) is 4.57 Å². The molecule has 0 saturated heterocycles. The third-order valence-corrected chi connectivity index (χ3v) is 5.26. The molecule has 3 aromatic rings. The van der Waals surface area contributed by atoms with Crippen LogP contribution < -0.4 is 25.5 Å². The Morgan fingerprint density at radius 3 is 2.18 bits per heavy atom. The van der Waals surface area contributed by atoms with Gasteiger partial charge in [0.05, 0.1) is 38.0 Å². The maximum atomic E-state index is 13.3. The van der Waals surface area contributed by atoms with Crippen LogP contribution in [0.4, 0.5) is 0 Å². The number of methoxy groups -OCH3 is 3. The van der Waals surface area contributed by atoms with E-state index in [1.165, 1.54) is 46.1 Å². The van der Waals surface area contributed by atoms with Crippen LogP contribution in [-0.4, -0.2) is 48.0 Å². The van der Waals surface area contributed by atoms with Gasteiger partial charge in [0, 0.05) is 19.7 Å². The molecular formula is C23H25N3O7. The number of aryl methyl sites for hydroxylation is 2. The second kappa shape index (κ2) is 9.19. The summed E-state index contributed by atoms with van der Waals surface area (Å²) in [5.41, 5.74) is -0.00905. The standard InChI is InChI=1S/C23H25N3O7/c1-8-9-33-22(28)16-12(2)24-20-18(21(27)26(4)23(29)25(20)3)17(16)13-10-14(30-5)19(32-7)15(11-13)31-6/h8,10-11H,1,9H2,2-7H3. The number of pyridine rings is 1. The van der Waals surface area contributed by atoms with E-state index in [1.54, 1.807) is 19.1 Å². The molecule has 2 aromatic heterocycles. The summed E-state index contributed by atoms with van der Waals surface area (Å²) in [7, 11) is 7.25. The average Bonchev–Trinajstić information content (AvgIpc) is 2.82. The minimum Gasteiger partial charge on any atom is -0.493 e. The monoisotopic (exact) mass is 455 g/mol. The Bertz CT molecular complexity index is 1360. The summed E-state index contributed by atoms with van der Waals surface area (Å²) in [5.74, 6) is 0.291. The molecule has 10 nitrogen and oxygen atoms in total. The molecule has 174 valence electrons. The minimum absolute atomic E-state index is 0.0315. The zero-order chi connectivity index (χ0) is 24.4. The predicted molar refractivity (Wildman–Crippen MR) is 123 cm³/mol. The van der Waals surface area contributed by atoms with E-state index in [0.29, 0.717) is 22.8 Å². The third-order valence-electron chi connectivity index (χ3n) is 5.26. The lowest BCUT2D eigenvalue weighted by Gasteiger charge is -2.19. The number of rotatable bonds is 7. The number of aromatic nitrogens is 3. The fourth-order valence-corrected chi connectivity index (χ4v) is 3.67. The van der Waals surface area contributed by atoms with Crippen molar-refractivity contribution in [2.45, 2.75) is 6.92 Å². The molecule has 0 fully saturated rings. The molecule has 0 saturated carbocycles. The van der Waals surface area contributed by atoms with Gasteiger partial charge >= 0.3 is 11.7 Å². The predicted octanol–water partition coefficient (Wildman–Crippen LogP) is 1.98. The van der Waals surface area contributed by atoms with Crippen LogP contribution in [-0.2, 0) is 18.8 Å². The van der Waals surface area contributed by atoms with Crippen LogP contribution in [0.5, 0.6) is 17.2 Å². The molecule has 0 spiro atoms. The minimum atomic E-state index is -0.693. The third kappa shape index (κ3) is 3.84. The summed E-state index contributed by atoms with van der Waals surface area (Å²) < 4.78 is 23.8. The largest absolute Gasteiger partial charge is 0.493 e. The first-order valence-corrected chi connectivity index (χ1v) is 9.90. The van der Waals surface area contributed by atoms with Crippen LogP contribution in [0.25, 0.3) is 22.2 Å². The zero-order valence-corrected chi connectivity index (χ0v) is 19.3. The van der Waals surface area contributed by atoms with Crippen LogP contribution in [0.15, 0.2) is 34.4 Å². The molecule has 0 radical (unpaired) electrons. The molecule has 33 heavy (non-hydrogen) atoms. The highest BCUT2D eigenvalue weighted by molar-refractivity contribution is 6.07. The van der Waals surface area contributed by atoms with E-state index in [4.69, 9.17) is 18.9 Å². The Morgan fingerprint density at radius 1 is 1.06 bits per heavy atom. The van der Waals surface area contributed by atoms with Crippen LogP contribution in [0.3, 0.4) is 0 Å². The van der Waals surface area contributed by atoms with Crippen molar-refractivity contribution in [2.24, 2.45) is 14.1 Å². The first-order valence-electron chi connectivity index (χ1n) is 9.90. The smallest absolute Gasteiger partial charge is 0.340 e. The van der Waals surface area contributed by atoms with Gasteiger partial charge in [0.1, 0.15) is 12.3 Å². The molecule has 0 aliphatic carbocycles. The van der Waals surface area contributed by atoms with Crippen molar-refractivity contribution in [1.82, 2.24) is 14.1 Å². The Labute approximate surface area is 189 Å². The van der Waals surface area contributed by atoms with Crippen LogP contribution >= 0.6 is 0 Å². The molecule has 0 bridgehead atoms. The first-order chi connectivity index (χ1) is 15.7. The van der Waals surface area contributed by atoms with E-state index in [1.807, 2.05) is 0 Å². The Morgan fingerprint density at radius 2 is 1.67 bits per heavy atom. The number of carbonyl (C=O) groups is 1. The molecular weight excluding hydrogens is 430 g/mol. The maximum absolute atomic E-state index is 13.3. The van der Waals surface area contributed by atoms with E-state index in [-0.39, 0.29) is 34.5 Å². The summed E-state index contributed by atoms with van der Waals surface area (Å²) in [5, 5.41) is 0.0741. The van der Waals surface area contributed by atoms with E-state index in [9.17, 15) is 14.4 Å². The van der Waals surface area contributed by atoms with Crippen LogP contribution in [0, 0.1) is 6.92 Å². The van der Waals surface area contributed by atoms with Crippen molar-refractivity contribution < 1.29 is 23.7 Å². The number of hydrogen-bond acceptors (Lipinski definition) is 8. The number of nitrogens with zero attached hydrogens (tertiary/aromatic N) is 3. The van der Waals surface area contributed by atoms with Crippen molar-refractivity contribution in [3.63, 3.8) is 0 Å². The SMILES string of the molecule is C=CCOC(=O)c1c(C)nc2c(c1-c1cc(OC)c(OC)c(OC)c1)c(=O)n(C)c(=O)n2C. The van der Waals surface area contributed by atoms with Gasteiger partial charge in [-0.25, -0.2) is 14.6 Å². The van der Waals surface area contributed by atoms with Gasteiger partial charge in [0.25, 0.3) is 5.56 Å². The average molecular weight is 455 g/mol. The van der Waals surface area contributed by atoms with E-state index in [2.05, 4.69) is 11.6 Å². The molecule has 10 heteroatoms. The highest BCUT2D eigenvalue weighted by Gasteiger charge is 2.27. The molecule has 0 aliphatic rings. The summed E-state index contributed by atoms with van der Waals surface area (Å²) in [6.45, 7) is 5.13. The van der Waals surface area contributed by atoms with Gasteiger partial charge < -0.3 is 18.9 Å². The second-order valence-electron chi connectivity index (χ2n) is 7.15. The number of hydrogen-bond donors (Lipinski definition) is 0. The number of esters is 1. The molecule has 1 aromatic carbocycles. The van der Waals surface area contributed by atoms with Crippen molar-refractivity contribution in [3.8, 4) is 28.4 Å². The van der Waals surface area contributed by atoms with Crippen molar-refractivity contribution in [3.05, 3.63) is 56.9 Å². The number of fused-ring (bicyclic) bond motifs is 1. The fraction of sp³-hybridized carbons (Fsp3) is 0.304. The highest BCUT2D eigenvalue weighted by Crippen LogP contribution is 2.43. The normalized spacial score (nSPS) is 10.7. The highest BCUT2D eigenvalue weighted by atomic mass is 16.5. The second-order valence-corrected chi connectivity index (χ2v) is 7.15. The van der Waals surface area contributed by atoms with Crippen molar-refractivity contribution >= 4 is 17.0 Å².